The van der Waals surface area contributed by atoms with Gasteiger partial charge in [0, 0.05) is 23.2 Å². The molecule has 9 heteroatoms. The van der Waals surface area contributed by atoms with E-state index >= 15 is 0 Å². The zero-order chi connectivity index (χ0) is 21.6. The van der Waals surface area contributed by atoms with E-state index in [4.69, 9.17) is 21.1 Å². The molecule has 29 heavy (non-hydrogen) atoms. The van der Waals surface area contributed by atoms with Gasteiger partial charge in [0.1, 0.15) is 5.75 Å². The normalized spacial score (nSPS) is 11.7. The van der Waals surface area contributed by atoms with Crippen LogP contribution in [0.15, 0.2) is 42.5 Å². The van der Waals surface area contributed by atoms with Crippen LogP contribution in [0.25, 0.3) is 6.08 Å². The van der Waals surface area contributed by atoms with Gasteiger partial charge in [-0.25, -0.2) is 4.79 Å². The van der Waals surface area contributed by atoms with Crippen molar-refractivity contribution in [2.24, 2.45) is 0 Å². The maximum Gasteiger partial charge on any atom is 0.331 e. The topological polar surface area (TPSA) is 108 Å². The summed E-state index contributed by atoms with van der Waals surface area (Å²) in [7, 11) is 1.44. The fraction of sp³-hybridized carbons (Fsp3) is 0.200. The molecule has 1 N–H and O–H groups in total. The third-order valence-electron chi connectivity index (χ3n) is 3.93. The summed E-state index contributed by atoms with van der Waals surface area (Å²) >= 11 is 6.04. The van der Waals surface area contributed by atoms with E-state index in [2.05, 4.69) is 5.32 Å². The van der Waals surface area contributed by atoms with E-state index in [1.807, 2.05) is 0 Å². The number of hydrogen-bond donors (Lipinski definition) is 1. The Morgan fingerprint density at radius 2 is 1.97 bits per heavy atom. The standard InChI is InChI=1S/C20H19ClN2O6/c1-12-10-16(18(28-3)11-15(12)21)22-20(25)13(2)29-19(24)9-8-14-6-4-5-7-17(14)23(26)27/h4-11,13H,1-3H3,(H,22,25)/b9-8+. The number of carbonyl (C=O) groups excluding carboxylic acids is 2. The molecular formula is C20H19ClN2O6. The summed E-state index contributed by atoms with van der Waals surface area (Å²) < 4.78 is 10.2. The number of esters is 1. The minimum Gasteiger partial charge on any atom is -0.495 e. The highest BCUT2D eigenvalue weighted by molar-refractivity contribution is 6.31. The van der Waals surface area contributed by atoms with Crippen molar-refractivity contribution in [1.82, 2.24) is 0 Å². The van der Waals surface area contributed by atoms with Crippen LogP contribution in [0.1, 0.15) is 18.1 Å². The Balaban J connectivity index is 2.04. The largest absolute Gasteiger partial charge is 0.495 e. The van der Waals surface area contributed by atoms with Gasteiger partial charge in [-0.2, -0.15) is 0 Å². The van der Waals surface area contributed by atoms with Crippen LogP contribution in [0.3, 0.4) is 0 Å². The van der Waals surface area contributed by atoms with Gasteiger partial charge in [-0.05, 0) is 37.6 Å². The van der Waals surface area contributed by atoms with E-state index in [9.17, 15) is 19.7 Å². The van der Waals surface area contributed by atoms with Gasteiger partial charge in [0.05, 0.1) is 23.3 Å². The number of nitro groups is 1. The molecule has 0 aliphatic heterocycles. The molecule has 0 saturated heterocycles. The number of nitro benzene ring substituents is 1. The number of ether oxygens (including phenoxy) is 2. The summed E-state index contributed by atoms with van der Waals surface area (Å²) in [4.78, 5) is 34.8. The van der Waals surface area contributed by atoms with Crippen LogP contribution in [0.5, 0.6) is 5.75 Å². The Morgan fingerprint density at radius 1 is 1.28 bits per heavy atom. The molecule has 0 fully saturated rings. The SMILES string of the molecule is COc1cc(Cl)c(C)cc1NC(=O)C(C)OC(=O)/C=C/c1ccccc1[N+](=O)[O-]. The van der Waals surface area contributed by atoms with Crippen molar-refractivity contribution < 1.29 is 24.0 Å². The first-order chi connectivity index (χ1) is 13.7. The van der Waals surface area contributed by atoms with Crippen molar-refractivity contribution in [1.29, 1.82) is 0 Å². The molecule has 0 spiro atoms. The molecule has 2 aromatic carbocycles. The Kier molecular flexibility index (Phi) is 7.33. The molecule has 0 radical (unpaired) electrons. The minimum atomic E-state index is -1.11. The van der Waals surface area contributed by atoms with Crippen LogP contribution in [-0.4, -0.2) is 30.0 Å². The maximum absolute atomic E-state index is 12.3. The van der Waals surface area contributed by atoms with Crippen LogP contribution in [-0.2, 0) is 14.3 Å². The number of anilines is 1. The third kappa shape index (κ3) is 5.79. The third-order valence-corrected chi connectivity index (χ3v) is 4.34. The van der Waals surface area contributed by atoms with Crippen LogP contribution < -0.4 is 10.1 Å². The monoisotopic (exact) mass is 418 g/mol. The lowest BCUT2D eigenvalue weighted by atomic mass is 10.1. The molecule has 1 atom stereocenters. The van der Waals surface area contributed by atoms with Gasteiger partial charge in [0.25, 0.3) is 11.6 Å². The highest BCUT2D eigenvalue weighted by Crippen LogP contribution is 2.31. The molecule has 152 valence electrons. The van der Waals surface area contributed by atoms with Gasteiger partial charge in [-0.15, -0.1) is 0 Å². The van der Waals surface area contributed by atoms with Crippen LogP contribution in [0.2, 0.25) is 5.02 Å². The predicted molar refractivity (Wildman–Crippen MR) is 109 cm³/mol. The number of halogens is 1. The van der Waals surface area contributed by atoms with E-state index in [0.717, 1.165) is 11.6 Å². The highest BCUT2D eigenvalue weighted by atomic mass is 35.5. The zero-order valence-corrected chi connectivity index (χ0v) is 16.7. The van der Waals surface area contributed by atoms with Gasteiger partial charge in [-0.1, -0.05) is 23.7 Å². The zero-order valence-electron chi connectivity index (χ0n) is 16.0. The molecule has 0 bridgehead atoms. The van der Waals surface area contributed by atoms with Gasteiger partial charge in [0.2, 0.25) is 0 Å². The molecule has 2 aromatic rings. The van der Waals surface area contributed by atoms with Crippen molar-refractivity contribution in [3.63, 3.8) is 0 Å². The lowest BCUT2D eigenvalue weighted by molar-refractivity contribution is -0.385. The second-order valence-electron chi connectivity index (χ2n) is 6.02. The number of hydrogen-bond acceptors (Lipinski definition) is 6. The molecule has 0 saturated carbocycles. The number of para-hydroxylation sites is 1. The summed E-state index contributed by atoms with van der Waals surface area (Å²) in [5, 5.41) is 14.1. The summed E-state index contributed by atoms with van der Waals surface area (Å²) in [5.41, 5.74) is 1.22. The fourth-order valence-corrected chi connectivity index (χ4v) is 2.54. The van der Waals surface area contributed by atoms with Crippen LogP contribution in [0.4, 0.5) is 11.4 Å². The van der Waals surface area contributed by atoms with E-state index in [0.29, 0.717) is 16.5 Å². The molecule has 8 nitrogen and oxygen atoms in total. The van der Waals surface area contributed by atoms with Crippen LogP contribution in [0, 0.1) is 17.0 Å². The van der Waals surface area contributed by atoms with E-state index < -0.39 is 22.9 Å². The molecule has 1 amide bonds. The van der Waals surface area contributed by atoms with E-state index in [1.165, 1.54) is 38.3 Å². The van der Waals surface area contributed by atoms with Crippen molar-refractivity contribution in [2.75, 3.05) is 12.4 Å². The average Bonchev–Trinajstić information content (AvgIpc) is 2.68. The first-order valence-electron chi connectivity index (χ1n) is 8.50. The Morgan fingerprint density at radius 3 is 2.62 bits per heavy atom. The number of amides is 1. The first kappa shape index (κ1) is 21.9. The summed E-state index contributed by atoms with van der Waals surface area (Å²) in [6.07, 6.45) is 1.18. The molecule has 0 heterocycles. The molecule has 1 unspecified atom stereocenters. The first-order valence-corrected chi connectivity index (χ1v) is 8.87. The lowest BCUT2D eigenvalue weighted by Crippen LogP contribution is -2.29. The molecule has 0 aromatic heterocycles. The lowest BCUT2D eigenvalue weighted by Gasteiger charge is -2.15. The number of carbonyl (C=O) groups is 2. The number of nitrogens with zero attached hydrogens (tertiary/aromatic N) is 1. The van der Waals surface area contributed by atoms with Gasteiger partial charge in [-0.3, -0.25) is 14.9 Å². The Hall–Kier alpha value is -3.39. The van der Waals surface area contributed by atoms with Crippen molar-refractivity contribution in [2.45, 2.75) is 20.0 Å². The van der Waals surface area contributed by atoms with Crippen molar-refractivity contribution in [3.05, 3.63) is 68.7 Å². The average molecular weight is 419 g/mol. The minimum absolute atomic E-state index is 0.146. The second-order valence-corrected chi connectivity index (χ2v) is 6.43. The van der Waals surface area contributed by atoms with E-state index in [1.54, 1.807) is 25.1 Å². The smallest absolute Gasteiger partial charge is 0.331 e. The van der Waals surface area contributed by atoms with Gasteiger partial charge >= 0.3 is 5.97 Å². The molecule has 0 aliphatic carbocycles. The van der Waals surface area contributed by atoms with Gasteiger partial charge < -0.3 is 14.8 Å². The number of benzene rings is 2. The molecule has 2 rings (SSSR count). The Labute approximate surface area is 172 Å². The highest BCUT2D eigenvalue weighted by Gasteiger charge is 2.19. The van der Waals surface area contributed by atoms with Crippen molar-refractivity contribution >= 4 is 40.9 Å². The quantitative estimate of drug-likeness (QED) is 0.313. The number of rotatable bonds is 7. The van der Waals surface area contributed by atoms with E-state index in [-0.39, 0.29) is 11.3 Å². The number of methoxy groups -OCH3 is 1. The summed E-state index contributed by atoms with van der Waals surface area (Å²) in [5.74, 6) is -1.02. The summed E-state index contributed by atoms with van der Waals surface area (Å²) in [6, 6.07) is 9.15. The predicted octanol–water partition coefficient (Wildman–Crippen LogP) is 4.15. The second kappa shape index (κ2) is 9.70. The van der Waals surface area contributed by atoms with Crippen molar-refractivity contribution in [3.8, 4) is 5.75 Å². The maximum atomic E-state index is 12.3. The van der Waals surface area contributed by atoms with Crippen LogP contribution >= 0.6 is 11.6 Å². The van der Waals surface area contributed by atoms with Gasteiger partial charge in [0.15, 0.2) is 6.10 Å². The molecular weight excluding hydrogens is 400 g/mol. The number of aryl methyl sites for hydroxylation is 1. The fourth-order valence-electron chi connectivity index (χ4n) is 2.38. The number of nitrogens with one attached hydrogen (secondary N) is 1. The summed E-state index contributed by atoms with van der Waals surface area (Å²) in [6.45, 7) is 3.18. The molecule has 0 aliphatic rings. The Bertz CT molecular complexity index is 973.